The SMILES string of the molecule is Nc1ccc(OCCOc2ccccc2)c2cccnc12. The van der Waals surface area contributed by atoms with Gasteiger partial charge in [-0.05, 0) is 36.4 Å². The molecule has 0 aliphatic carbocycles. The maximum atomic E-state index is 5.91. The number of anilines is 1. The maximum absolute atomic E-state index is 5.91. The van der Waals surface area contributed by atoms with Crippen LogP contribution in [0.4, 0.5) is 5.69 Å². The van der Waals surface area contributed by atoms with Crippen molar-refractivity contribution in [2.45, 2.75) is 0 Å². The molecule has 4 heteroatoms. The van der Waals surface area contributed by atoms with Gasteiger partial charge in [-0.2, -0.15) is 0 Å². The van der Waals surface area contributed by atoms with Gasteiger partial charge >= 0.3 is 0 Å². The van der Waals surface area contributed by atoms with Gasteiger partial charge in [0, 0.05) is 11.6 Å². The predicted molar refractivity (Wildman–Crippen MR) is 83.6 cm³/mol. The lowest BCUT2D eigenvalue weighted by Gasteiger charge is -2.11. The maximum Gasteiger partial charge on any atom is 0.129 e. The largest absolute Gasteiger partial charge is 0.490 e. The Bertz CT molecular complexity index is 729. The van der Waals surface area contributed by atoms with Crippen molar-refractivity contribution in [3.63, 3.8) is 0 Å². The average molecular weight is 280 g/mol. The van der Waals surface area contributed by atoms with Crippen LogP contribution in [0.3, 0.4) is 0 Å². The zero-order chi connectivity index (χ0) is 14.5. The first-order chi connectivity index (χ1) is 10.3. The number of hydrogen-bond donors (Lipinski definition) is 1. The number of para-hydroxylation sites is 1. The van der Waals surface area contributed by atoms with E-state index in [1.54, 1.807) is 6.20 Å². The molecule has 3 rings (SSSR count). The van der Waals surface area contributed by atoms with Gasteiger partial charge in [0.05, 0.1) is 11.2 Å². The van der Waals surface area contributed by atoms with E-state index in [4.69, 9.17) is 15.2 Å². The van der Waals surface area contributed by atoms with E-state index in [0.717, 1.165) is 22.4 Å². The van der Waals surface area contributed by atoms with E-state index in [9.17, 15) is 0 Å². The van der Waals surface area contributed by atoms with Crippen LogP contribution in [-0.2, 0) is 0 Å². The summed E-state index contributed by atoms with van der Waals surface area (Å²) in [5.74, 6) is 1.61. The summed E-state index contributed by atoms with van der Waals surface area (Å²) in [7, 11) is 0. The lowest BCUT2D eigenvalue weighted by Crippen LogP contribution is -2.09. The van der Waals surface area contributed by atoms with Crippen molar-refractivity contribution in [2.24, 2.45) is 0 Å². The summed E-state index contributed by atoms with van der Waals surface area (Å²) in [6, 6.07) is 17.2. The van der Waals surface area contributed by atoms with Gasteiger partial charge in [0.1, 0.15) is 24.7 Å². The molecule has 1 heterocycles. The molecule has 0 bridgehead atoms. The minimum atomic E-state index is 0.461. The van der Waals surface area contributed by atoms with E-state index in [0.29, 0.717) is 18.9 Å². The molecule has 2 aromatic carbocycles. The van der Waals surface area contributed by atoms with Gasteiger partial charge in [0.25, 0.3) is 0 Å². The number of pyridine rings is 1. The Hall–Kier alpha value is -2.75. The van der Waals surface area contributed by atoms with Crippen LogP contribution in [0.5, 0.6) is 11.5 Å². The summed E-state index contributed by atoms with van der Waals surface area (Å²) in [6.07, 6.45) is 1.72. The molecule has 0 saturated heterocycles. The van der Waals surface area contributed by atoms with Crippen molar-refractivity contribution in [3.8, 4) is 11.5 Å². The Kier molecular flexibility index (Phi) is 3.87. The molecule has 0 spiro atoms. The Morgan fingerprint density at radius 1 is 0.857 bits per heavy atom. The van der Waals surface area contributed by atoms with Crippen molar-refractivity contribution < 1.29 is 9.47 Å². The third-order valence-electron chi connectivity index (χ3n) is 3.11. The van der Waals surface area contributed by atoms with Gasteiger partial charge < -0.3 is 15.2 Å². The fourth-order valence-electron chi connectivity index (χ4n) is 2.12. The van der Waals surface area contributed by atoms with Crippen LogP contribution in [-0.4, -0.2) is 18.2 Å². The Labute approximate surface area is 123 Å². The van der Waals surface area contributed by atoms with Gasteiger partial charge in [0.2, 0.25) is 0 Å². The molecular formula is C17H16N2O2. The van der Waals surface area contributed by atoms with Crippen LogP contribution >= 0.6 is 0 Å². The molecule has 0 fully saturated rings. The Morgan fingerprint density at radius 3 is 2.52 bits per heavy atom. The predicted octanol–water partition coefficient (Wildman–Crippen LogP) is 3.27. The first kappa shape index (κ1) is 13.2. The fourth-order valence-corrected chi connectivity index (χ4v) is 2.12. The summed E-state index contributed by atoms with van der Waals surface area (Å²) >= 11 is 0. The van der Waals surface area contributed by atoms with Crippen LogP contribution in [0.15, 0.2) is 60.8 Å². The normalized spacial score (nSPS) is 10.5. The summed E-state index contributed by atoms with van der Waals surface area (Å²) < 4.78 is 11.4. The standard InChI is InChI=1S/C17H16N2O2/c18-15-8-9-16(14-7-4-10-19-17(14)15)21-12-11-20-13-5-2-1-3-6-13/h1-10H,11-12,18H2. The molecule has 0 amide bonds. The molecule has 2 N–H and O–H groups in total. The quantitative estimate of drug-likeness (QED) is 0.575. The zero-order valence-corrected chi connectivity index (χ0v) is 11.5. The number of nitrogens with two attached hydrogens (primary N) is 1. The third-order valence-corrected chi connectivity index (χ3v) is 3.11. The number of aromatic nitrogens is 1. The number of ether oxygens (including phenoxy) is 2. The zero-order valence-electron chi connectivity index (χ0n) is 11.5. The molecule has 106 valence electrons. The molecule has 0 aliphatic heterocycles. The molecule has 21 heavy (non-hydrogen) atoms. The summed E-state index contributed by atoms with van der Waals surface area (Å²) in [6.45, 7) is 0.943. The minimum Gasteiger partial charge on any atom is -0.490 e. The molecule has 4 nitrogen and oxygen atoms in total. The third kappa shape index (κ3) is 3.05. The molecule has 3 aromatic rings. The van der Waals surface area contributed by atoms with Crippen LogP contribution in [0, 0.1) is 0 Å². The van der Waals surface area contributed by atoms with Crippen molar-refractivity contribution >= 4 is 16.6 Å². The van der Waals surface area contributed by atoms with Crippen LogP contribution < -0.4 is 15.2 Å². The average Bonchev–Trinajstić information content (AvgIpc) is 2.55. The molecule has 0 radical (unpaired) electrons. The van der Waals surface area contributed by atoms with E-state index in [1.165, 1.54) is 0 Å². The van der Waals surface area contributed by atoms with Gasteiger partial charge in [-0.25, -0.2) is 0 Å². The van der Waals surface area contributed by atoms with Crippen molar-refractivity contribution in [3.05, 3.63) is 60.8 Å². The molecule has 0 atom stereocenters. The molecule has 1 aromatic heterocycles. The van der Waals surface area contributed by atoms with Crippen molar-refractivity contribution in [2.75, 3.05) is 18.9 Å². The highest BCUT2D eigenvalue weighted by Crippen LogP contribution is 2.28. The van der Waals surface area contributed by atoms with Gasteiger partial charge in [0.15, 0.2) is 0 Å². The van der Waals surface area contributed by atoms with E-state index in [1.807, 2.05) is 54.6 Å². The lowest BCUT2D eigenvalue weighted by atomic mass is 10.2. The summed E-state index contributed by atoms with van der Waals surface area (Å²) in [5.41, 5.74) is 7.33. The minimum absolute atomic E-state index is 0.461. The first-order valence-electron chi connectivity index (χ1n) is 6.78. The number of nitrogens with zero attached hydrogens (tertiary/aromatic N) is 1. The van der Waals surface area contributed by atoms with Crippen molar-refractivity contribution in [1.29, 1.82) is 0 Å². The molecular weight excluding hydrogens is 264 g/mol. The van der Waals surface area contributed by atoms with Crippen LogP contribution in [0.2, 0.25) is 0 Å². The Balaban J connectivity index is 1.65. The first-order valence-corrected chi connectivity index (χ1v) is 6.78. The highest BCUT2D eigenvalue weighted by molar-refractivity contribution is 5.93. The second-order valence-electron chi connectivity index (χ2n) is 4.56. The molecule has 0 aliphatic rings. The van der Waals surface area contributed by atoms with Gasteiger partial charge in [-0.1, -0.05) is 18.2 Å². The summed E-state index contributed by atoms with van der Waals surface area (Å²) in [5, 5.41) is 0.914. The van der Waals surface area contributed by atoms with Gasteiger partial charge in [-0.15, -0.1) is 0 Å². The van der Waals surface area contributed by atoms with Gasteiger partial charge in [-0.3, -0.25) is 4.98 Å². The number of hydrogen-bond acceptors (Lipinski definition) is 4. The van der Waals surface area contributed by atoms with Crippen LogP contribution in [0.1, 0.15) is 0 Å². The van der Waals surface area contributed by atoms with E-state index in [2.05, 4.69) is 4.98 Å². The van der Waals surface area contributed by atoms with E-state index in [-0.39, 0.29) is 0 Å². The topological polar surface area (TPSA) is 57.4 Å². The lowest BCUT2D eigenvalue weighted by molar-refractivity contribution is 0.219. The smallest absolute Gasteiger partial charge is 0.129 e. The number of fused-ring (bicyclic) bond motifs is 1. The fraction of sp³-hybridized carbons (Fsp3) is 0.118. The van der Waals surface area contributed by atoms with E-state index < -0.39 is 0 Å². The highest BCUT2D eigenvalue weighted by Gasteiger charge is 2.05. The number of benzene rings is 2. The Morgan fingerprint density at radius 2 is 1.67 bits per heavy atom. The highest BCUT2D eigenvalue weighted by atomic mass is 16.5. The summed E-state index contributed by atoms with van der Waals surface area (Å²) in [4.78, 5) is 4.28. The number of nitrogen functional groups attached to an aromatic ring is 1. The van der Waals surface area contributed by atoms with Crippen LogP contribution in [0.25, 0.3) is 10.9 Å². The second-order valence-corrected chi connectivity index (χ2v) is 4.56. The molecule has 0 saturated carbocycles. The molecule has 0 unspecified atom stereocenters. The number of rotatable bonds is 5. The van der Waals surface area contributed by atoms with E-state index >= 15 is 0 Å². The van der Waals surface area contributed by atoms with Crippen molar-refractivity contribution in [1.82, 2.24) is 4.98 Å². The second kappa shape index (κ2) is 6.13. The monoisotopic (exact) mass is 280 g/mol.